The van der Waals surface area contributed by atoms with E-state index in [0.717, 1.165) is 25.7 Å². The molecule has 2 fully saturated rings. The van der Waals surface area contributed by atoms with Crippen molar-refractivity contribution in [1.29, 1.82) is 0 Å². The van der Waals surface area contributed by atoms with Crippen molar-refractivity contribution in [3.05, 3.63) is 0 Å². The highest BCUT2D eigenvalue weighted by atomic mass is 16.3. The van der Waals surface area contributed by atoms with Crippen molar-refractivity contribution in [2.24, 2.45) is 5.92 Å². The lowest BCUT2D eigenvalue weighted by Gasteiger charge is -2.35. The molecule has 2 N–H and O–H groups in total. The van der Waals surface area contributed by atoms with Crippen LogP contribution in [0.5, 0.6) is 0 Å². The quantitative estimate of drug-likeness (QED) is 0.796. The summed E-state index contributed by atoms with van der Waals surface area (Å²) < 4.78 is 0. The molecule has 0 aromatic carbocycles. The van der Waals surface area contributed by atoms with Gasteiger partial charge in [-0.1, -0.05) is 0 Å². The zero-order chi connectivity index (χ0) is 13.6. The van der Waals surface area contributed by atoms with E-state index in [4.69, 9.17) is 0 Å². The summed E-state index contributed by atoms with van der Waals surface area (Å²) in [6, 6.07) is -0.111. The van der Waals surface area contributed by atoms with Crippen molar-refractivity contribution < 1.29 is 15.0 Å². The Morgan fingerprint density at radius 2 is 1.83 bits per heavy atom. The minimum Gasteiger partial charge on any atom is -0.389 e. The molecule has 2 unspecified atom stereocenters. The number of hydrogen-bond donors (Lipinski definition) is 2. The highest BCUT2D eigenvalue weighted by Gasteiger charge is 2.44. The van der Waals surface area contributed by atoms with Crippen LogP contribution in [0.1, 0.15) is 52.9 Å². The molecule has 0 bridgehead atoms. The molecule has 1 saturated heterocycles. The average molecular weight is 255 g/mol. The first-order valence-electron chi connectivity index (χ1n) is 6.96. The fraction of sp³-hybridized carbons (Fsp3) is 0.929. The van der Waals surface area contributed by atoms with Gasteiger partial charge in [0.05, 0.1) is 23.7 Å². The second-order valence-electron chi connectivity index (χ2n) is 6.71. The van der Waals surface area contributed by atoms with Crippen molar-refractivity contribution in [3.8, 4) is 0 Å². The van der Waals surface area contributed by atoms with E-state index in [1.807, 2.05) is 0 Å². The molecular weight excluding hydrogens is 230 g/mol. The molecule has 1 aliphatic carbocycles. The summed E-state index contributed by atoms with van der Waals surface area (Å²) in [6.45, 7) is 5.97. The Hall–Kier alpha value is -0.610. The highest BCUT2D eigenvalue weighted by molar-refractivity contribution is 5.78. The van der Waals surface area contributed by atoms with Crippen LogP contribution in [0.2, 0.25) is 0 Å². The summed E-state index contributed by atoms with van der Waals surface area (Å²) in [5.74, 6) is 0.265. The number of nitrogens with zero attached hydrogens (tertiary/aromatic N) is 1. The van der Waals surface area contributed by atoms with Gasteiger partial charge in [0.1, 0.15) is 0 Å². The Kier molecular flexibility index (Phi) is 3.45. The topological polar surface area (TPSA) is 60.8 Å². The number of carbonyl (C=O) groups excluding carboxylic acids is 1. The molecule has 1 saturated carbocycles. The number of amides is 1. The van der Waals surface area contributed by atoms with Crippen LogP contribution in [0.15, 0.2) is 0 Å². The fourth-order valence-electron chi connectivity index (χ4n) is 3.06. The summed E-state index contributed by atoms with van der Waals surface area (Å²) in [5, 5.41) is 20.4. The molecule has 2 aliphatic rings. The number of hydrogen-bond acceptors (Lipinski definition) is 3. The average Bonchev–Trinajstić information content (AvgIpc) is 2.93. The van der Waals surface area contributed by atoms with Crippen LogP contribution in [-0.4, -0.2) is 44.8 Å². The number of carbonyl (C=O) groups is 1. The Labute approximate surface area is 109 Å². The molecule has 4 heteroatoms. The first-order valence-corrected chi connectivity index (χ1v) is 6.96. The minimum atomic E-state index is -0.871. The molecule has 0 aromatic heterocycles. The first-order chi connectivity index (χ1) is 8.22. The molecule has 4 nitrogen and oxygen atoms in total. The number of aliphatic hydroxyl groups is 2. The van der Waals surface area contributed by atoms with Gasteiger partial charge in [-0.25, -0.2) is 0 Å². The minimum absolute atomic E-state index is 0.0171. The van der Waals surface area contributed by atoms with Gasteiger partial charge in [-0.05, 0) is 52.4 Å². The molecular formula is C14H25NO3. The molecule has 1 amide bonds. The van der Waals surface area contributed by atoms with Crippen molar-refractivity contribution in [2.75, 3.05) is 6.54 Å². The molecule has 0 aromatic rings. The van der Waals surface area contributed by atoms with E-state index in [1.165, 1.54) is 0 Å². The van der Waals surface area contributed by atoms with Gasteiger partial charge in [0, 0.05) is 6.54 Å². The lowest BCUT2D eigenvalue weighted by Crippen LogP contribution is -2.50. The normalized spacial score (nSPS) is 28.3. The maximum absolute atomic E-state index is 12.3. The molecule has 2 atom stereocenters. The molecule has 0 radical (unpaired) electrons. The Morgan fingerprint density at radius 1 is 1.22 bits per heavy atom. The van der Waals surface area contributed by atoms with E-state index in [9.17, 15) is 15.0 Å². The Balaban J connectivity index is 2.00. The molecule has 2 rings (SSSR count). The predicted octanol–water partition coefficient (Wildman–Crippen LogP) is 1.30. The van der Waals surface area contributed by atoms with Gasteiger partial charge >= 0.3 is 0 Å². The van der Waals surface area contributed by atoms with Crippen LogP contribution < -0.4 is 0 Å². The third kappa shape index (κ3) is 2.86. The van der Waals surface area contributed by atoms with Crippen molar-refractivity contribution >= 4 is 5.91 Å². The summed E-state index contributed by atoms with van der Waals surface area (Å²) in [6.07, 6.45) is 4.02. The van der Waals surface area contributed by atoms with E-state index in [1.54, 1.807) is 25.7 Å². The summed E-state index contributed by atoms with van der Waals surface area (Å²) in [7, 11) is 0. The molecule has 0 spiro atoms. The van der Waals surface area contributed by atoms with E-state index in [0.29, 0.717) is 6.54 Å². The van der Waals surface area contributed by atoms with Gasteiger partial charge in [-0.2, -0.15) is 0 Å². The zero-order valence-corrected chi connectivity index (χ0v) is 11.6. The Morgan fingerprint density at radius 3 is 2.33 bits per heavy atom. The van der Waals surface area contributed by atoms with Crippen LogP contribution in [0.3, 0.4) is 0 Å². The van der Waals surface area contributed by atoms with Crippen LogP contribution in [-0.2, 0) is 4.79 Å². The van der Waals surface area contributed by atoms with Gasteiger partial charge in [0.2, 0.25) is 5.91 Å². The van der Waals surface area contributed by atoms with Crippen LogP contribution in [0, 0.1) is 5.92 Å². The smallest absolute Gasteiger partial charge is 0.225 e. The monoisotopic (exact) mass is 255 g/mol. The van der Waals surface area contributed by atoms with Crippen LogP contribution in [0.25, 0.3) is 0 Å². The van der Waals surface area contributed by atoms with Crippen molar-refractivity contribution in [3.63, 3.8) is 0 Å². The van der Waals surface area contributed by atoms with Crippen molar-refractivity contribution in [2.45, 2.75) is 70.1 Å². The fourth-order valence-corrected chi connectivity index (χ4v) is 3.06. The summed E-state index contributed by atoms with van der Waals surface area (Å²) >= 11 is 0. The maximum Gasteiger partial charge on any atom is 0.225 e. The highest BCUT2D eigenvalue weighted by Crippen LogP contribution is 2.42. The predicted molar refractivity (Wildman–Crippen MR) is 69.0 cm³/mol. The van der Waals surface area contributed by atoms with Gasteiger partial charge in [-0.15, -0.1) is 0 Å². The van der Waals surface area contributed by atoms with E-state index in [-0.39, 0.29) is 24.3 Å². The third-order valence-electron chi connectivity index (χ3n) is 4.35. The van der Waals surface area contributed by atoms with E-state index in [2.05, 4.69) is 0 Å². The lowest BCUT2D eigenvalue weighted by molar-refractivity contribution is -0.142. The number of likely N-dealkylation sites (tertiary alicyclic amines) is 1. The second-order valence-corrected chi connectivity index (χ2v) is 6.71. The summed E-state index contributed by atoms with van der Waals surface area (Å²) in [4.78, 5) is 14.1. The molecule has 104 valence electrons. The van der Waals surface area contributed by atoms with Gasteiger partial charge < -0.3 is 15.1 Å². The lowest BCUT2D eigenvalue weighted by atomic mass is 9.93. The van der Waals surface area contributed by atoms with E-state index < -0.39 is 11.2 Å². The van der Waals surface area contributed by atoms with E-state index >= 15 is 0 Å². The molecule has 18 heavy (non-hydrogen) atoms. The second kappa shape index (κ2) is 4.49. The van der Waals surface area contributed by atoms with Gasteiger partial charge in [0.15, 0.2) is 0 Å². The molecule has 1 heterocycles. The largest absolute Gasteiger partial charge is 0.389 e. The third-order valence-corrected chi connectivity index (χ3v) is 4.35. The Bertz CT molecular complexity index is 328. The molecule has 1 aliphatic heterocycles. The van der Waals surface area contributed by atoms with Gasteiger partial charge in [0.25, 0.3) is 0 Å². The zero-order valence-electron chi connectivity index (χ0n) is 11.6. The standard InChI is InChI=1S/C14H25NO3/c1-13(2,17)11-5-4-8-15(11)12(16)9-14(3,18)10-6-7-10/h10-11,17-18H,4-9H2,1-3H3. The van der Waals surface area contributed by atoms with Crippen LogP contribution >= 0.6 is 0 Å². The summed E-state index contributed by atoms with van der Waals surface area (Å²) in [5.41, 5.74) is -1.73. The first kappa shape index (κ1) is 13.8. The van der Waals surface area contributed by atoms with Gasteiger partial charge in [-0.3, -0.25) is 4.79 Å². The SMILES string of the molecule is CC(C)(O)C1CCCN1C(=O)CC(C)(O)C1CC1. The maximum atomic E-state index is 12.3. The number of rotatable bonds is 4. The van der Waals surface area contributed by atoms with Crippen LogP contribution in [0.4, 0.5) is 0 Å². The van der Waals surface area contributed by atoms with Crippen molar-refractivity contribution in [1.82, 2.24) is 4.90 Å².